The van der Waals surface area contributed by atoms with Crippen LogP contribution in [0, 0.1) is 13.8 Å². The Morgan fingerprint density at radius 1 is 1.30 bits per heavy atom. The maximum atomic E-state index is 11.7. The van der Waals surface area contributed by atoms with Gasteiger partial charge in [0.2, 0.25) is 0 Å². The highest BCUT2D eigenvalue weighted by Gasteiger charge is 2.16. The zero-order valence-electron chi connectivity index (χ0n) is 11.8. The molecule has 0 unspecified atom stereocenters. The average Bonchev–Trinajstić information content (AvgIpc) is 2.79. The first-order valence-corrected chi connectivity index (χ1v) is 7.25. The van der Waals surface area contributed by atoms with E-state index in [1.165, 1.54) is 11.3 Å². The topological polar surface area (TPSA) is 48.4 Å². The van der Waals surface area contributed by atoms with Crippen LogP contribution in [0.15, 0.2) is 24.3 Å². The number of ether oxygens (including phenoxy) is 2. The summed E-state index contributed by atoms with van der Waals surface area (Å²) in [4.78, 5) is 16.6. The van der Waals surface area contributed by atoms with E-state index in [4.69, 9.17) is 9.47 Å². The molecule has 0 bridgehead atoms. The molecular formula is C15H17NO3S. The molecule has 0 aliphatic heterocycles. The van der Waals surface area contributed by atoms with E-state index in [1.807, 2.05) is 31.2 Å². The SMILES string of the molecule is CCOC(=O)c1sc(COc2ccccc2C)nc1C. The van der Waals surface area contributed by atoms with Crippen LogP contribution in [-0.2, 0) is 11.3 Å². The molecule has 0 saturated heterocycles. The maximum Gasteiger partial charge on any atom is 0.350 e. The number of hydrogen-bond acceptors (Lipinski definition) is 5. The summed E-state index contributed by atoms with van der Waals surface area (Å²) in [7, 11) is 0. The average molecular weight is 291 g/mol. The molecule has 5 heteroatoms. The second-order valence-corrected chi connectivity index (χ2v) is 5.38. The molecule has 0 aliphatic carbocycles. The molecule has 106 valence electrons. The third-order valence-corrected chi connectivity index (χ3v) is 3.86. The fourth-order valence-corrected chi connectivity index (χ4v) is 2.63. The number of carbonyl (C=O) groups excluding carboxylic acids is 1. The van der Waals surface area contributed by atoms with Crippen LogP contribution in [0.2, 0.25) is 0 Å². The van der Waals surface area contributed by atoms with Gasteiger partial charge in [0, 0.05) is 0 Å². The Kier molecular flexibility index (Phi) is 4.74. The van der Waals surface area contributed by atoms with Crippen molar-refractivity contribution >= 4 is 17.3 Å². The first kappa shape index (κ1) is 14.5. The summed E-state index contributed by atoms with van der Waals surface area (Å²) in [5.74, 6) is 0.516. The van der Waals surface area contributed by atoms with E-state index in [2.05, 4.69) is 4.98 Å². The summed E-state index contributed by atoms with van der Waals surface area (Å²) in [5, 5.41) is 0.772. The van der Waals surface area contributed by atoms with Gasteiger partial charge in [0.25, 0.3) is 0 Å². The number of hydrogen-bond donors (Lipinski definition) is 0. The predicted molar refractivity (Wildman–Crippen MR) is 78.3 cm³/mol. The van der Waals surface area contributed by atoms with E-state index in [1.54, 1.807) is 13.8 Å². The van der Waals surface area contributed by atoms with Gasteiger partial charge in [-0.3, -0.25) is 0 Å². The summed E-state index contributed by atoms with van der Waals surface area (Å²) >= 11 is 1.32. The normalized spacial score (nSPS) is 10.3. The van der Waals surface area contributed by atoms with Gasteiger partial charge in [-0.05, 0) is 32.4 Å². The number of rotatable bonds is 5. The lowest BCUT2D eigenvalue weighted by Gasteiger charge is -2.06. The third kappa shape index (κ3) is 3.36. The summed E-state index contributed by atoms with van der Waals surface area (Å²) < 4.78 is 10.7. The van der Waals surface area contributed by atoms with E-state index in [0.29, 0.717) is 23.8 Å². The standard InChI is InChI=1S/C15H17NO3S/c1-4-18-15(17)14-11(3)16-13(20-14)9-19-12-8-6-5-7-10(12)2/h5-8H,4,9H2,1-3H3. The first-order chi connectivity index (χ1) is 9.61. The van der Waals surface area contributed by atoms with Gasteiger partial charge >= 0.3 is 5.97 Å². The number of nitrogens with zero attached hydrogens (tertiary/aromatic N) is 1. The predicted octanol–water partition coefficient (Wildman–Crippen LogP) is 3.52. The van der Waals surface area contributed by atoms with Crippen molar-refractivity contribution in [3.05, 3.63) is 45.4 Å². The molecule has 0 N–H and O–H groups in total. The largest absolute Gasteiger partial charge is 0.486 e. The molecule has 0 saturated carbocycles. The van der Waals surface area contributed by atoms with Crippen LogP contribution in [0.4, 0.5) is 0 Å². The van der Waals surface area contributed by atoms with Gasteiger partial charge in [0.15, 0.2) is 0 Å². The molecule has 4 nitrogen and oxygen atoms in total. The van der Waals surface area contributed by atoms with Crippen molar-refractivity contribution in [2.45, 2.75) is 27.4 Å². The fraction of sp³-hybridized carbons (Fsp3) is 0.333. The summed E-state index contributed by atoms with van der Waals surface area (Å²) in [5.41, 5.74) is 1.77. The van der Waals surface area contributed by atoms with Crippen LogP contribution >= 0.6 is 11.3 Å². The molecule has 20 heavy (non-hydrogen) atoms. The van der Waals surface area contributed by atoms with Gasteiger partial charge in [-0.15, -0.1) is 11.3 Å². The van der Waals surface area contributed by atoms with Gasteiger partial charge in [0.05, 0.1) is 12.3 Å². The molecule has 2 rings (SSSR count). The Bertz CT molecular complexity index is 607. The fourth-order valence-electron chi connectivity index (χ4n) is 1.76. The maximum absolute atomic E-state index is 11.7. The Morgan fingerprint density at radius 2 is 2.05 bits per heavy atom. The van der Waals surface area contributed by atoms with E-state index in [9.17, 15) is 4.79 Å². The quantitative estimate of drug-likeness (QED) is 0.791. The van der Waals surface area contributed by atoms with E-state index < -0.39 is 0 Å². The Morgan fingerprint density at radius 3 is 2.75 bits per heavy atom. The van der Waals surface area contributed by atoms with Crippen molar-refractivity contribution in [1.29, 1.82) is 0 Å². The van der Waals surface area contributed by atoms with Crippen LogP contribution < -0.4 is 4.74 Å². The number of carbonyl (C=O) groups is 1. The monoisotopic (exact) mass is 291 g/mol. The highest BCUT2D eigenvalue weighted by atomic mass is 32.1. The van der Waals surface area contributed by atoms with Gasteiger partial charge in [-0.25, -0.2) is 9.78 Å². The second-order valence-electron chi connectivity index (χ2n) is 4.30. The molecular weight excluding hydrogens is 274 g/mol. The minimum absolute atomic E-state index is 0.315. The molecule has 0 aliphatic rings. The minimum atomic E-state index is -0.315. The molecule has 0 radical (unpaired) electrons. The number of benzene rings is 1. The Hall–Kier alpha value is -1.88. The second kappa shape index (κ2) is 6.52. The molecule has 0 fully saturated rings. The Balaban J connectivity index is 2.06. The number of aryl methyl sites for hydroxylation is 2. The zero-order valence-corrected chi connectivity index (χ0v) is 12.6. The molecule has 1 heterocycles. The van der Waals surface area contributed by atoms with Crippen LogP contribution in [-0.4, -0.2) is 17.6 Å². The highest BCUT2D eigenvalue weighted by Crippen LogP contribution is 2.22. The van der Waals surface area contributed by atoms with E-state index >= 15 is 0 Å². The molecule has 1 aromatic carbocycles. The van der Waals surface area contributed by atoms with Crippen molar-refractivity contribution in [3.63, 3.8) is 0 Å². The smallest absolute Gasteiger partial charge is 0.350 e. The summed E-state index contributed by atoms with van der Waals surface area (Å²) in [6.07, 6.45) is 0. The molecule has 0 atom stereocenters. The molecule has 2 aromatic rings. The van der Waals surface area contributed by atoms with E-state index in [-0.39, 0.29) is 5.97 Å². The van der Waals surface area contributed by atoms with Crippen LogP contribution in [0.1, 0.15) is 32.9 Å². The van der Waals surface area contributed by atoms with Gasteiger partial charge in [0.1, 0.15) is 22.2 Å². The number of aromatic nitrogens is 1. The first-order valence-electron chi connectivity index (χ1n) is 6.43. The lowest BCUT2D eigenvalue weighted by molar-refractivity contribution is 0.0531. The van der Waals surface area contributed by atoms with E-state index in [0.717, 1.165) is 16.3 Å². The van der Waals surface area contributed by atoms with Crippen molar-refractivity contribution in [1.82, 2.24) is 4.98 Å². The van der Waals surface area contributed by atoms with Crippen LogP contribution in [0.25, 0.3) is 0 Å². The van der Waals surface area contributed by atoms with Crippen molar-refractivity contribution < 1.29 is 14.3 Å². The zero-order chi connectivity index (χ0) is 14.5. The molecule has 0 spiro atoms. The van der Waals surface area contributed by atoms with Crippen LogP contribution in [0.5, 0.6) is 5.75 Å². The number of esters is 1. The van der Waals surface area contributed by atoms with Crippen molar-refractivity contribution in [3.8, 4) is 5.75 Å². The van der Waals surface area contributed by atoms with Gasteiger partial charge < -0.3 is 9.47 Å². The summed E-state index contributed by atoms with van der Waals surface area (Å²) in [6.45, 7) is 6.31. The number of para-hydroxylation sites is 1. The van der Waals surface area contributed by atoms with Gasteiger partial charge in [-0.2, -0.15) is 0 Å². The molecule has 0 amide bonds. The Labute approximate surface area is 122 Å². The lowest BCUT2D eigenvalue weighted by atomic mass is 10.2. The molecule has 1 aromatic heterocycles. The van der Waals surface area contributed by atoms with Gasteiger partial charge in [-0.1, -0.05) is 18.2 Å². The number of thiazole rings is 1. The van der Waals surface area contributed by atoms with Crippen molar-refractivity contribution in [2.75, 3.05) is 6.61 Å². The summed E-state index contributed by atoms with van der Waals surface area (Å²) in [6, 6.07) is 7.81. The van der Waals surface area contributed by atoms with Crippen molar-refractivity contribution in [2.24, 2.45) is 0 Å². The highest BCUT2D eigenvalue weighted by molar-refractivity contribution is 7.13. The lowest BCUT2D eigenvalue weighted by Crippen LogP contribution is -2.03. The third-order valence-electron chi connectivity index (χ3n) is 2.75. The minimum Gasteiger partial charge on any atom is -0.486 e. The van der Waals surface area contributed by atoms with Crippen LogP contribution in [0.3, 0.4) is 0 Å².